The molecule has 0 aliphatic heterocycles. The lowest BCUT2D eigenvalue weighted by Crippen LogP contribution is -2.60. The number of amides is 2. The van der Waals surface area contributed by atoms with Gasteiger partial charge in [0.15, 0.2) is 12.2 Å². The summed E-state index contributed by atoms with van der Waals surface area (Å²) in [6, 6.07) is 7.78. The van der Waals surface area contributed by atoms with Gasteiger partial charge in [0.1, 0.15) is 0 Å². The second-order valence-electron chi connectivity index (χ2n) is 6.51. The molecule has 2 N–H and O–H groups in total. The Morgan fingerprint density at radius 1 is 0.821 bits per heavy atom. The van der Waals surface area contributed by atoms with E-state index in [1.165, 1.54) is 20.8 Å². The largest absolute Gasteiger partial charge is 0.456 e. The molecule has 2 amide bonds. The monoisotopic (exact) mass is 388 g/mol. The molecule has 0 fully saturated rings. The predicted molar refractivity (Wildman–Crippen MR) is 99.9 cm³/mol. The minimum atomic E-state index is -0.983. The molecule has 0 bridgehead atoms. The number of carbonyl (C=O) groups excluding carboxylic acids is 4. The smallest absolute Gasteiger partial charge is 0.303 e. The Morgan fingerprint density at radius 3 is 1.79 bits per heavy atom. The van der Waals surface area contributed by atoms with Crippen LogP contribution in [0.5, 0.6) is 0 Å². The normalized spacial score (nSPS) is 23.4. The molecule has 8 nitrogen and oxygen atoms in total. The van der Waals surface area contributed by atoms with Crippen LogP contribution >= 0.6 is 0 Å². The summed E-state index contributed by atoms with van der Waals surface area (Å²) in [6.45, 7) is 3.77. The van der Waals surface area contributed by atoms with Crippen LogP contribution in [0.15, 0.2) is 42.5 Å². The molecule has 2 rings (SSSR count). The first-order valence-corrected chi connectivity index (χ1v) is 8.89. The Morgan fingerprint density at radius 2 is 1.32 bits per heavy atom. The fourth-order valence-electron chi connectivity index (χ4n) is 3.04. The zero-order chi connectivity index (χ0) is 20.7. The van der Waals surface area contributed by atoms with Crippen LogP contribution in [-0.2, 0) is 35.1 Å². The Bertz CT molecular complexity index is 761. The lowest BCUT2D eigenvalue weighted by molar-refractivity contribution is -0.169. The third kappa shape index (κ3) is 6.22. The average Bonchev–Trinajstić information content (AvgIpc) is 2.59. The lowest BCUT2D eigenvalue weighted by atomic mass is 9.91. The summed E-state index contributed by atoms with van der Waals surface area (Å²) in [6.07, 6.45) is 1.42. The van der Waals surface area contributed by atoms with Gasteiger partial charge in [0.25, 0.3) is 0 Å². The summed E-state index contributed by atoms with van der Waals surface area (Å²) in [4.78, 5) is 47.1. The zero-order valence-corrected chi connectivity index (χ0v) is 16.0. The summed E-state index contributed by atoms with van der Waals surface area (Å²) in [5.41, 5.74) is 0.830. The molecule has 0 heterocycles. The SMILES string of the molecule is CC(=O)N[C@@H]1C=C[C@H](NC(=O)Cc2ccccc2)[C@@H](OC(C)=O)[C@H]1OC(C)=O. The van der Waals surface area contributed by atoms with Gasteiger partial charge < -0.3 is 20.1 Å². The summed E-state index contributed by atoms with van der Waals surface area (Å²) < 4.78 is 10.7. The van der Waals surface area contributed by atoms with Crippen molar-refractivity contribution >= 4 is 23.8 Å². The lowest BCUT2D eigenvalue weighted by Gasteiger charge is -2.38. The van der Waals surface area contributed by atoms with Crippen LogP contribution in [0.2, 0.25) is 0 Å². The zero-order valence-electron chi connectivity index (χ0n) is 16.0. The first kappa shape index (κ1) is 21.1. The van der Waals surface area contributed by atoms with E-state index in [4.69, 9.17) is 9.47 Å². The van der Waals surface area contributed by atoms with E-state index in [1.54, 1.807) is 12.2 Å². The second-order valence-corrected chi connectivity index (χ2v) is 6.51. The van der Waals surface area contributed by atoms with Crippen LogP contribution in [0, 0.1) is 0 Å². The summed E-state index contributed by atoms with van der Waals surface area (Å²) in [7, 11) is 0. The van der Waals surface area contributed by atoms with E-state index in [-0.39, 0.29) is 18.2 Å². The molecule has 4 atom stereocenters. The molecule has 1 aromatic rings. The molecule has 8 heteroatoms. The van der Waals surface area contributed by atoms with Gasteiger partial charge in [0, 0.05) is 20.8 Å². The van der Waals surface area contributed by atoms with Crippen molar-refractivity contribution in [3.63, 3.8) is 0 Å². The fourth-order valence-corrected chi connectivity index (χ4v) is 3.04. The van der Waals surface area contributed by atoms with Gasteiger partial charge in [-0.1, -0.05) is 42.5 Å². The Labute approximate surface area is 163 Å². The van der Waals surface area contributed by atoms with Gasteiger partial charge >= 0.3 is 11.9 Å². The summed E-state index contributed by atoms with van der Waals surface area (Å²) in [5, 5.41) is 5.44. The van der Waals surface area contributed by atoms with E-state index >= 15 is 0 Å². The topological polar surface area (TPSA) is 111 Å². The Kier molecular flexibility index (Phi) is 7.31. The van der Waals surface area contributed by atoms with Gasteiger partial charge in [-0.25, -0.2) is 0 Å². The molecule has 0 spiro atoms. The predicted octanol–water partition coefficient (Wildman–Crippen LogP) is 0.652. The molecule has 0 saturated heterocycles. The second kappa shape index (κ2) is 9.68. The van der Waals surface area contributed by atoms with Gasteiger partial charge in [-0.05, 0) is 5.56 Å². The molecule has 0 saturated carbocycles. The van der Waals surface area contributed by atoms with E-state index in [2.05, 4.69) is 10.6 Å². The average molecular weight is 388 g/mol. The number of ether oxygens (including phenoxy) is 2. The maximum Gasteiger partial charge on any atom is 0.303 e. The van der Waals surface area contributed by atoms with Crippen molar-refractivity contribution in [3.8, 4) is 0 Å². The minimum absolute atomic E-state index is 0.144. The van der Waals surface area contributed by atoms with E-state index in [0.717, 1.165) is 5.56 Å². The van der Waals surface area contributed by atoms with Gasteiger partial charge in [0.2, 0.25) is 11.8 Å². The summed E-state index contributed by atoms with van der Waals surface area (Å²) in [5.74, 6) is -1.80. The number of benzene rings is 1. The molecule has 1 aliphatic rings. The Balaban J connectivity index is 2.21. The van der Waals surface area contributed by atoms with Crippen molar-refractivity contribution in [3.05, 3.63) is 48.0 Å². The van der Waals surface area contributed by atoms with Crippen LogP contribution < -0.4 is 10.6 Å². The molecule has 150 valence electrons. The maximum absolute atomic E-state index is 12.4. The molecule has 0 unspecified atom stereocenters. The van der Waals surface area contributed by atoms with E-state index in [1.807, 2.05) is 30.3 Å². The van der Waals surface area contributed by atoms with Gasteiger partial charge in [-0.2, -0.15) is 0 Å². The number of hydrogen-bond acceptors (Lipinski definition) is 6. The Hall–Kier alpha value is -3.16. The van der Waals surface area contributed by atoms with E-state index < -0.39 is 36.2 Å². The van der Waals surface area contributed by atoms with E-state index in [0.29, 0.717) is 0 Å². The van der Waals surface area contributed by atoms with Gasteiger partial charge in [-0.3, -0.25) is 19.2 Å². The van der Waals surface area contributed by atoms with Crippen LogP contribution in [0.25, 0.3) is 0 Å². The van der Waals surface area contributed by atoms with Crippen molar-refractivity contribution in [2.24, 2.45) is 0 Å². The maximum atomic E-state index is 12.4. The van der Waals surface area contributed by atoms with Crippen molar-refractivity contribution in [1.29, 1.82) is 0 Å². The first-order chi connectivity index (χ1) is 13.3. The molecular formula is C20H24N2O6. The van der Waals surface area contributed by atoms with Crippen molar-refractivity contribution < 1.29 is 28.7 Å². The standard InChI is InChI=1S/C20H24N2O6/c1-12(23)21-16-9-10-17(20(28-14(3)25)19(16)27-13(2)24)22-18(26)11-15-7-5-4-6-8-15/h4-10,16-17,19-20H,11H2,1-3H3,(H,21,23)(H,22,26)/t16-,17+,19+,20-/m1/s1. The highest BCUT2D eigenvalue weighted by molar-refractivity contribution is 5.79. The fraction of sp³-hybridized carbons (Fsp3) is 0.400. The van der Waals surface area contributed by atoms with Gasteiger partial charge in [0.05, 0.1) is 18.5 Å². The van der Waals surface area contributed by atoms with Crippen LogP contribution in [0.3, 0.4) is 0 Å². The number of nitrogens with one attached hydrogen (secondary N) is 2. The third-order valence-electron chi connectivity index (χ3n) is 4.07. The van der Waals surface area contributed by atoms with Crippen LogP contribution in [0.1, 0.15) is 26.3 Å². The quantitative estimate of drug-likeness (QED) is 0.547. The molecule has 0 aromatic heterocycles. The summed E-state index contributed by atoms with van der Waals surface area (Å²) >= 11 is 0. The molecule has 1 aromatic carbocycles. The van der Waals surface area contributed by atoms with E-state index in [9.17, 15) is 19.2 Å². The van der Waals surface area contributed by atoms with Crippen LogP contribution in [-0.4, -0.2) is 48.0 Å². The highest BCUT2D eigenvalue weighted by Crippen LogP contribution is 2.21. The first-order valence-electron chi connectivity index (χ1n) is 8.89. The van der Waals surface area contributed by atoms with Gasteiger partial charge in [-0.15, -0.1) is 0 Å². The number of rotatable bonds is 6. The highest BCUT2D eigenvalue weighted by Gasteiger charge is 2.42. The van der Waals surface area contributed by atoms with Crippen molar-refractivity contribution in [2.75, 3.05) is 0 Å². The highest BCUT2D eigenvalue weighted by atomic mass is 16.6. The number of hydrogen-bond donors (Lipinski definition) is 2. The number of carbonyl (C=O) groups is 4. The molecular weight excluding hydrogens is 364 g/mol. The third-order valence-corrected chi connectivity index (χ3v) is 4.07. The molecule has 28 heavy (non-hydrogen) atoms. The van der Waals surface area contributed by atoms with Crippen molar-refractivity contribution in [2.45, 2.75) is 51.5 Å². The van der Waals surface area contributed by atoms with Crippen LogP contribution in [0.4, 0.5) is 0 Å². The molecule has 0 radical (unpaired) electrons. The number of esters is 2. The van der Waals surface area contributed by atoms with Crippen molar-refractivity contribution in [1.82, 2.24) is 10.6 Å². The minimum Gasteiger partial charge on any atom is -0.456 e. The molecule has 1 aliphatic carbocycles.